The number of hydrogen-bond donors (Lipinski definition) is 2. The fraction of sp³-hybridized carbons (Fsp3) is 0.455. The van der Waals surface area contributed by atoms with Crippen LogP contribution in [-0.2, 0) is 4.74 Å². The van der Waals surface area contributed by atoms with E-state index in [2.05, 4.69) is 4.90 Å². The van der Waals surface area contributed by atoms with Gasteiger partial charge in [-0.1, -0.05) is 0 Å². The molecule has 31 heavy (non-hydrogen) atoms. The molecule has 3 aliphatic rings. The van der Waals surface area contributed by atoms with Crippen molar-refractivity contribution in [3.63, 3.8) is 0 Å². The van der Waals surface area contributed by atoms with E-state index in [0.29, 0.717) is 42.0 Å². The number of ether oxygens (including phenoxy) is 6. The van der Waals surface area contributed by atoms with Crippen LogP contribution < -0.4 is 29.4 Å². The number of methoxy groups -OCH3 is 2. The maximum absolute atomic E-state index is 10.4. The van der Waals surface area contributed by atoms with Crippen molar-refractivity contribution >= 4 is 0 Å². The number of nitrogens with zero attached hydrogens (tertiary/aromatic N) is 1. The first-order valence-electron chi connectivity index (χ1n) is 10.2. The lowest BCUT2D eigenvalue weighted by Crippen LogP contribution is -2.58. The Morgan fingerprint density at radius 1 is 0.968 bits per heavy atom. The van der Waals surface area contributed by atoms with Crippen LogP contribution in [0.3, 0.4) is 0 Å². The molecule has 0 aliphatic carbocycles. The van der Waals surface area contributed by atoms with Crippen LogP contribution in [0.1, 0.15) is 17.0 Å². The smallest absolute Gasteiger partial charge is 0.231 e. The molecule has 3 unspecified atom stereocenters. The standard InChI is InChI=1S/C22H26N2O7/c1-26-17-7-12(8-18(27-2)21(17)25)19-13-9-15-16(30-11-29-15)10-14(13)31-22(20(19)23)24-3-5-28-6-4-24/h7-10,19-20,22,25H,3-6,11,23H2,1-2H3. The summed E-state index contributed by atoms with van der Waals surface area (Å²) in [6.07, 6.45) is -0.354. The van der Waals surface area contributed by atoms with Gasteiger partial charge in [0.05, 0.1) is 33.5 Å². The number of aromatic hydroxyl groups is 1. The molecule has 2 aromatic rings. The summed E-state index contributed by atoms with van der Waals surface area (Å²) in [5, 5.41) is 10.4. The van der Waals surface area contributed by atoms with E-state index in [1.165, 1.54) is 14.2 Å². The zero-order chi connectivity index (χ0) is 21.5. The molecule has 166 valence electrons. The predicted octanol–water partition coefficient (Wildman–Crippen LogP) is 1.65. The maximum atomic E-state index is 10.4. The molecule has 2 aromatic carbocycles. The van der Waals surface area contributed by atoms with Crippen molar-refractivity contribution in [2.75, 3.05) is 47.3 Å². The molecule has 9 nitrogen and oxygen atoms in total. The second-order valence-corrected chi connectivity index (χ2v) is 7.73. The third kappa shape index (κ3) is 3.38. The van der Waals surface area contributed by atoms with Gasteiger partial charge in [-0.15, -0.1) is 0 Å². The van der Waals surface area contributed by atoms with E-state index in [4.69, 9.17) is 34.2 Å². The molecule has 0 spiro atoms. The second-order valence-electron chi connectivity index (χ2n) is 7.73. The minimum Gasteiger partial charge on any atom is -0.502 e. The van der Waals surface area contributed by atoms with E-state index in [1.807, 2.05) is 12.1 Å². The van der Waals surface area contributed by atoms with Crippen molar-refractivity contribution in [1.29, 1.82) is 0 Å². The molecule has 0 bridgehead atoms. The van der Waals surface area contributed by atoms with Gasteiger partial charge in [0.15, 0.2) is 29.2 Å². The number of phenolic OH excluding ortho intramolecular Hbond substituents is 1. The van der Waals surface area contributed by atoms with Crippen LogP contribution in [0, 0.1) is 0 Å². The lowest BCUT2D eigenvalue weighted by Gasteiger charge is -2.44. The number of morpholine rings is 1. The number of hydrogen-bond acceptors (Lipinski definition) is 9. The Labute approximate surface area is 180 Å². The summed E-state index contributed by atoms with van der Waals surface area (Å²) in [7, 11) is 3.01. The highest BCUT2D eigenvalue weighted by molar-refractivity contribution is 5.60. The molecule has 9 heteroatoms. The van der Waals surface area contributed by atoms with E-state index < -0.39 is 6.04 Å². The molecule has 1 fully saturated rings. The summed E-state index contributed by atoms with van der Waals surface area (Å²) >= 11 is 0. The fourth-order valence-corrected chi connectivity index (χ4v) is 4.51. The lowest BCUT2D eigenvalue weighted by atomic mass is 9.81. The van der Waals surface area contributed by atoms with Gasteiger partial charge >= 0.3 is 0 Å². The normalized spacial score (nSPS) is 24.9. The largest absolute Gasteiger partial charge is 0.502 e. The molecule has 5 rings (SSSR count). The molecule has 0 radical (unpaired) electrons. The Morgan fingerprint density at radius 3 is 2.26 bits per heavy atom. The van der Waals surface area contributed by atoms with Crippen molar-refractivity contribution in [3.05, 3.63) is 35.4 Å². The van der Waals surface area contributed by atoms with Crippen LogP contribution >= 0.6 is 0 Å². The first kappa shape index (κ1) is 20.0. The van der Waals surface area contributed by atoms with Gasteiger partial charge in [0.2, 0.25) is 12.5 Å². The zero-order valence-corrected chi connectivity index (χ0v) is 17.5. The number of rotatable bonds is 4. The van der Waals surface area contributed by atoms with Crippen LogP contribution in [0.5, 0.6) is 34.5 Å². The molecule has 3 heterocycles. The second kappa shape index (κ2) is 7.99. The minimum atomic E-state index is -0.398. The third-order valence-corrected chi connectivity index (χ3v) is 6.07. The van der Waals surface area contributed by atoms with Gasteiger partial charge < -0.3 is 39.3 Å². The molecule has 1 saturated heterocycles. The maximum Gasteiger partial charge on any atom is 0.231 e. The minimum absolute atomic E-state index is 0.0509. The summed E-state index contributed by atoms with van der Waals surface area (Å²) in [5.41, 5.74) is 8.58. The fourth-order valence-electron chi connectivity index (χ4n) is 4.51. The average Bonchev–Trinajstić information content (AvgIpc) is 3.25. The van der Waals surface area contributed by atoms with Crippen LogP contribution in [0.25, 0.3) is 0 Å². The zero-order valence-electron chi connectivity index (χ0n) is 17.5. The van der Waals surface area contributed by atoms with E-state index in [9.17, 15) is 5.11 Å². The first-order valence-corrected chi connectivity index (χ1v) is 10.2. The Kier molecular flexibility index (Phi) is 5.17. The van der Waals surface area contributed by atoms with Gasteiger partial charge in [-0.05, 0) is 23.8 Å². The van der Waals surface area contributed by atoms with Crippen LogP contribution in [0.15, 0.2) is 24.3 Å². The SMILES string of the molecule is COc1cc(C2c3cc4c(cc3OC(N3CCOCC3)C2N)OCO4)cc(OC)c1O. The number of benzene rings is 2. The van der Waals surface area contributed by atoms with Crippen LogP contribution in [-0.4, -0.2) is 69.6 Å². The van der Waals surface area contributed by atoms with Crippen LogP contribution in [0.4, 0.5) is 0 Å². The van der Waals surface area contributed by atoms with Gasteiger partial charge in [0, 0.05) is 30.6 Å². The highest BCUT2D eigenvalue weighted by atomic mass is 16.7. The van der Waals surface area contributed by atoms with Gasteiger partial charge in [-0.3, -0.25) is 4.90 Å². The Hall–Kier alpha value is -2.88. The van der Waals surface area contributed by atoms with E-state index in [1.54, 1.807) is 12.1 Å². The van der Waals surface area contributed by atoms with E-state index in [-0.39, 0.29) is 24.7 Å². The number of nitrogens with two attached hydrogens (primary N) is 1. The summed E-state index contributed by atoms with van der Waals surface area (Å²) < 4.78 is 33.8. The van der Waals surface area contributed by atoms with E-state index >= 15 is 0 Å². The van der Waals surface area contributed by atoms with Gasteiger partial charge in [-0.25, -0.2) is 0 Å². The quantitative estimate of drug-likeness (QED) is 0.749. The third-order valence-electron chi connectivity index (χ3n) is 6.07. The molecular formula is C22H26N2O7. The Morgan fingerprint density at radius 2 is 1.61 bits per heavy atom. The van der Waals surface area contributed by atoms with Crippen molar-refractivity contribution in [2.45, 2.75) is 18.2 Å². The molecule has 0 amide bonds. The average molecular weight is 430 g/mol. The number of phenols is 1. The van der Waals surface area contributed by atoms with Crippen molar-refractivity contribution in [1.82, 2.24) is 4.90 Å². The topological polar surface area (TPSA) is 105 Å². The Bertz CT molecular complexity index is 952. The van der Waals surface area contributed by atoms with Gasteiger partial charge in [0.25, 0.3) is 0 Å². The molecular weight excluding hydrogens is 404 g/mol. The highest BCUT2D eigenvalue weighted by Gasteiger charge is 2.42. The molecule has 0 saturated carbocycles. The summed E-state index contributed by atoms with van der Waals surface area (Å²) in [6.45, 7) is 2.89. The predicted molar refractivity (Wildman–Crippen MR) is 110 cm³/mol. The first-order chi connectivity index (χ1) is 15.1. The lowest BCUT2D eigenvalue weighted by molar-refractivity contribution is -0.0642. The summed E-state index contributed by atoms with van der Waals surface area (Å²) in [6, 6.07) is 6.96. The van der Waals surface area contributed by atoms with Crippen molar-refractivity contribution in [3.8, 4) is 34.5 Å². The molecule has 3 N–H and O–H groups in total. The number of fused-ring (bicyclic) bond motifs is 2. The Balaban J connectivity index is 1.64. The van der Waals surface area contributed by atoms with Gasteiger partial charge in [-0.2, -0.15) is 0 Å². The van der Waals surface area contributed by atoms with Gasteiger partial charge in [0.1, 0.15) is 5.75 Å². The van der Waals surface area contributed by atoms with Crippen molar-refractivity contribution < 1.29 is 33.5 Å². The van der Waals surface area contributed by atoms with E-state index in [0.717, 1.165) is 24.2 Å². The summed E-state index contributed by atoms with van der Waals surface area (Å²) in [4.78, 5) is 2.20. The monoisotopic (exact) mass is 430 g/mol. The van der Waals surface area contributed by atoms with Crippen LogP contribution in [0.2, 0.25) is 0 Å². The van der Waals surface area contributed by atoms with Crippen molar-refractivity contribution in [2.24, 2.45) is 5.73 Å². The molecule has 3 atom stereocenters. The molecule has 3 aliphatic heterocycles. The summed E-state index contributed by atoms with van der Waals surface area (Å²) in [5.74, 6) is 2.33. The molecule has 0 aromatic heterocycles. The highest BCUT2D eigenvalue weighted by Crippen LogP contribution is 2.49.